The van der Waals surface area contributed by atoms with Gasteiger partial charge >= 0.3 is 0 Å². The second kappa shape index (κ2) is 6.38. The molecule has 3 unspecified atom stereocenters. The van der Waals surface area contributed by atoms with Crippen molar-refractivity contribution < 1.29 is 4.55 Å². The van der Waals surface area contributed by atoms with Crippen LogP contribution in [0.5, 0.6) is 0 Å². The summed E-state index contributed by atoms with van der Waals surface area (Å²) in [5.74, 6) is 0. The molecule has 1 aliphatic carbocycles. The summed E-state index contributed by atoms with van der Waals surface area (Å²) in [6.07, 6.45) is 0.827. The Labute approximate surface area is 152 Å². The number of rotatable bonds is 4. The lowest BCUT2D eigenvalue weighted by molar-refractivity contribution is 0.539. The summed E-state index contributed by atoms with van der Waals surface area (Å²) in [6.45, 7) is 5.87. The van der Waals surface area contributed by atoms with Crippen LogP contribution in [-0.2, 0) is 16.8 Å². The van der Waals surface area contributed by atoms with E-state index in [1.807, 2.05) is 57.2 Å². The molecule has 3 rings (SSSR count). The summed E-state index contributed by atoms with van der Waals surface area (Å²) in [5, 5.41) is 9.25. The number of nitrogens with zero attached hydrogens (tertiary/aromatic N) is 1. The number of nitrogens with one attached hydrogen (secondary N) is 1. The van der Waals surface area contributed by atoms with Crippen molar-refractivity contribution in [2.75, 3.05) is 5.73 Å². The third-order valence-corrected chi connectivity index (χ3v) is 6.29. The van der Waals surface area contributed by atoms with Gasteiger partial charge in [0, 0.05) is 22.5 Å². The highest BCUT2D eigenvalue weighted by Crippen LogP contribution is 2.54. The van der Waals surface area contributed by atoms with Crippen molar-refractivity contribution in [3.05, 3.63) is 65.2 Å². The summed E-state index contributed by atoms with van der Waals surface area (Å²) < 4.78 is 15.5. The monoisotopic (exact) mass is 353 g/mol. The quantitative estimate of drug-likeness (QED) is 0.653. The Morgan fingerprint density at radius 2 is 1.84 bits per heavy atom. The minimum atomic E-state index is -1.16. The third-order valence-electron chi connectivity index (χ3n) is 4.67. The van der Waals surface area contributed by atoms with Crippen LogP contribution in [0.25, 0.3) is 0 Å². The topological polar surface area (TPSA) is 84.9 Å². The molecule has 5 heteroatoms. The Morgan fingerprint density at radius 3 is 2.44 bits per heavy atom. The van der Waals surface area contributed by atoms with E-state index in [1.54, 1.807) is 6.07 Å². The van der Waals surface area contributed by atoms with Gasteiger partial charge in [-0.25, -0.2) is 0 Å². The van der Waals surface area contributed by atoms with Crippen molar-refractivity contribution in [3.63, 3.8) is 0 Å². The molecule has 0 amide bonds. The summed E-state index contributed by atoms with van der Waals surface area (Å²) in [5.41, 5.74) is 9.18. The van der Waals surface area contributed by atoms with Gasteiger partial charge in [0.15, 0.2) is 0 Å². The van der Waals surface area contributed by atoms with E-state index in [9.17, 15) is 9.81 Å². The highest BCUT2D eigenvalue weighted by Gasteiger charge is 2.59. The maximum absolute atomic E-state index is 12.6. The molecule has 3 N–H and O–H groups in total. The van der Waals surface area contributed by atoms with Crippen LogP contribution in [0.1, 0.15) is 43.9 Å². The minimum absolute atomic E-state index is 0.0447. The average Bonchev–Trinajstić information content (AvgIpc) is 3.29. The smallest absolute Gasteiger partial charge is 0.136 e. The zero-order valence-electron chi connectivity index (χ0n) is 14.7. The fourth-order valence-electron chi connectivity index (χ4n) is 3.20. The van der Waals surface area contributed by atoms with E-state index >= 15 is 0 Å². The first kappa shape index (κ1) is 17.8. The summed E-state index contributed by atoms with van der Waals surface area (Å²) >= 11 is -1.16. The van der Waals surface area contributed by atoms with Gasteiger partial charge < -0.3 is 10.3 Å². The normalized spacial score (nSPS) is 23.7. The molecule has 0 heterocycles. The van der Waals surface area contributed by atoms with Gasteiger partial charge in [0.05, 0.1) is 17.7 Å². The van der Waals surface area contributed by atoms with Crippen LogP contribution < -0.4 is 10.5 Å². The molecule has 25 heavy (non-hydrogen) atoms. The fraction of sp³-hybridized carbons (Fsp3) is 0.350. The molecule has 4 nitrogen and oxygen atoms in total. The second-order valence-corrected chi connectivity index (χ2v) is 9.54. The van der Waals surface area contributed by atoms with E-state index in [4.69, 9.17) is 5.73 Å². The van der Waals surface area contributed by atoms with Gasteiger partial charge in [0.2, 0.25) is 0 Å². The molecule has 2 aromatic rings. The second-order valence-electron chi connectivity index (χ2n) is 7.55. The van der Waals surface area contributed by atoms with Crippen LogP contribution in [0.2, 0.25) is 0 Å². The van der Waals surface area contributed by atoms with Crippen molar-refractivity contribution >= 4 is 17.0 Å². The summed E-state index contributed by atoms with van der Waals surface area (Å²) in [4.78, 5) is 0. The lowest BCUT2D eigenvalue weighted by Crippen LogP contribution is -2.42. The highest BCUT2D eigenvalue weighted by molar-refractivity contribution is 7.90. The number of nitrogens with two attached hydrogens (primary N) is 1. The maximum Gasteiger partial charge on any atom is 0.136 e. The molecule has 0 radical (unpaired) electrons. The van der Waals surface area contributed by atoms with Gasteiger partial charge in [-0.15, -0.1) is 4.72 Å². The molecule has 1 aliphatic rings. The van der Waals surface area contributed by atoms with Crippen molar-refractivity contribution in [3.8, 4) is 6.07 Å². The zero-order chi connectivity index (χ0) is 18.2. The lowest BCUT2D eigenvalue weighted by atomic mass is 9.86. The Bertz CT molecular complexity index is 824. The van der Waals surface area contributed by atoms with Crippen molar-refractivity contribution in [1.82, 2.24) is 4.72 Å². The van der Waals surface area contributed by atoms with Crippen LogP contribution >= 0.6 is 0 Å². The Kier molecular flexibility index (Phi) is 4.54. The largest absolute Gasteiger partial charge is 0.598 e. The predicted octanol–water partition coefficient (Wildman–Crippen LogP) is 3.25. The predicted molar refractivity (Wildman–Crippen MR) is 102 cm³/mol. The molecular weight excluding hydrogens is 330 g/mol. The van der Waals surface area contributed by atoms with Crippen LogP contribution in [0.3, 0.4) is 0 Å². The number of anilines is 1. The maximum atomic E-state index is 12.6. The van der Waals surface area contributed by atoms with Crippen LogP contribution in [0, 0.1) is 11.3 Å². The van der Waals surface area contributed by atoms with E-state index in [1.165, 1.54) is 0 Å². The molecule has 0 aromatic heterocycles. The number of benzene rings is 2. The van der Waals surface area contributed by atoms with E-state index in [0.29, 0.717) is 11.3 Å². The number of nitrogen functional groups attached to an aromatic ring is 1. The molecule has 0 spiro atoms. The van der Waals surface area contributed by atoms with Gasteiger partial charge in [0.25, 0.3) is 0 Å². The number of nitriles is 1. The Balaban J connectivity index is 2.01. The first-order valence-electron chi connectivity index (χ1n) is 8.32. The van der Waals surface area contributed by atoms with Gasteiger partial charge in [-0.3, -0.25) is 0 Å². The van der Waals surface area contributed by atoms with E-state index in [-0.39, 0.29) is 16.2 Å². The van der Waals surface area contributed by atoms with Gasteiger partial charge in [-0.1, -0.05) is 24.3 Å². The molecule has 0 aliphatic heterocycles. The zero-order valence-corrected chi connectivity index (χ0v) is 15.6. The van der Waals surface area contributed by atoms with Crippen LogP contribution in [-0.4, -0.2) is 15.3 Å². The fourth-order valence-corrected chi connectivity index (χ4v) is 4.09. The van der Waals surface area contributed by atoms with Crippen molar-refractivity contribution in [2.45, 2.75) is 43.4 Å². The first-order valence-corrected chi connectivity index (χ1v) is 9.47. The van der Waals surface area contributed by atoms with E-state index in [0.717, 1.165) is 17.5 Å². The molecular formula is C20H23N3OS. The van der Waals surface area contributed by atoms with Crippen LogP contribution in [0.15, 0.2) is 48.5 Å². The van der Waals surface area contributed by atoms with Crippen molar-refractivity contribution in [2.24, 2.45) is 0 Å². The molecule has 1 fully saturated rings. The molecule has 1 saturated carbocycles. The lowest BCUT2D eigenvalue weighted by Gasteiger charge is -2.26. The third kappa shape index (κ3) is 3.38. The summed E-state index contributed by atoms with van der Waals surface area (Å²) in [7, 11) is 0. The van der Waals surface area contributed by atoms with E-state index in [2.05, 4.69) is 16.9 Å². The molecule has 130 valence electrons. The highest BCUT2D eigenvalue weighted by atomic mass is 32.2. The SMILES string of the molecule is CC(C)(C)[S+]([O-])NC1CC1(c1cccc(N)c1)c1cccc(C#N)c1. The molecule has 0 saturated heterocycles. The summed E-state index contributed by atoms with van der Waals surface area (Å²) in [6, 6.07) is 17.7. The molecule has 0 bridgehead atoms. The van der Waals surface area contributed by atoms with Gasteiger partial charge in [0.1, 0.15) is 4.75 Å². The molecule has 2 aromatic carbocycles. The van der Waals surface area contributed by atoms with Gasteiger partial charge in [-0.05, 0) is 62.6 Å². The van der Waals surface area contributed by atoms with Crippen LogP contribution in [0.4, 0.5) is 5.69 Å². The first-order chi connectivity index (χ1) is 11.8. The minimum Gasteiger partial charge on any atom is -0.598 e. The van der Waals surface area contributed by atoms with E-state index < -0.39 is 11.4 Å². The average molecular weight is 353 g/mol. The standard InChI is InChI=1S/C20H23N3OS/c1-19(2,3)25(24)23-18-12-20(18,16-8-5-9-17(22)11-16)15-7-4-6-14(10-15)13-21/h4-11,18,23H,12,22H2,1-3H3. The van der Waals surface area contributed by atoms with Crippen molar-refractivity contribution in [1.29, 1.82) is 5.26 Å². The van der Waals surface area contributed by atoms with Gasteiger partial charge in [-0.2, -0.15) is 5.26 Å². The number of hydrogen-bond acceptors (Lipinski definition) is 4. The molecule has 3 atom stereocenters. The Morgan fingerprint density at radius 1 is 1.20 bits per heavy atom. The Hall–Kier alpha value is -2.00. The number of hydrogen-bond donors (Lipinski definition) is 2.